The lowest BCUT2D eigenvalue weighted by atomic mass is 9.84. The van der Waals surface area contributed by atoms with Crippen molar-refractivity contribution in [2.24, 2.45) is 5.92 Å². The maximum atomic E-state index is 14.0. The SMILES string of the molecule is CCC1OCCC1C(=O)C(C#N)c1cccc(Cl)c1F. The number of ether oxygens (including phenoxy) is 1. The first-order valence-corrected chi connectivity index (χ1v) is 6.96. The molecule has 106 valence electrons. The molecule has 0 radical (unpaired) electrons. The Balaban J connectivity index is 2.31. The van der Waals surface area contributed by atoms with Gasteiger partial charge >= 0.3 is 0 Å². The van der Waals surface area contributed by atoms with Crippen molar-refractivity contribution in [2.75, 3.05) is 6.61 Å². The van der Waals surface area contributed by atoms with Gasteiger partial charge in [0.15, 0.2) is 5.78 Å². The number of nitriles is 1. The van der Waals surface area contributed by atoms with E-state index in [1.54, 1.807) is 6.07 Å². The summed E-state index contributed by atoms with van der Waals surface area (Å²) >= 11 is 5.71. The van der Waals surface area contributed by atoms with Gasteiger partial charge in [-0.05, 0) is 18.9 Å². The summed E-state index contributed by atoms with van der Waals surface area (Å²) in [6.45, 7) is 2.43. The van der Waals surface area contributed by atoms with E-state index >= 15 is 0 Å². The molecular formula is C15H15ClFNO2. The van der Waals surface area contributed by atoms with Crippen LogP contribution in [0.3, 0.4) is 0 Å². The summed E-state index contributed by atoms with van der Waals surface area (Å²) in [5.74, 6) is -2.45. The molecule has 1 aliphatic rings. The van der Waals surface area contributed by atoms with Crippen LogP contribution in [0.5, 0.6) is 0 Å². The zero-order valence-electron chi connectivity index (χ0n) is 11.1. The lowest BCUT2D eigenvalue weighted by Gasteiger charge is -2.19. The van der Waals surface area contributed by atoms with Gasteiger partial charge in [0.2, 0.25) is 0 Å². The summed E-state index contributed by atoms with van der Waals surface area (Å²) in [5, 5.41) is 9.18. The maximum absolute atomic E-state index is 14.0. The van der Waals surface area contributed by atoms with Crippen molar-refractivity contribution in [1.82, 2.24) is 0 Å². The second kappa shape index (κ2) is 6.34. The molecule has 3 atom stereocenters. The van der Waals surface area contributed by atoms with E-state index in [-0.39, 0.29) is 28.4 Å². The Morgan fingerprint density at radius 2 is 2.40 bits per heavy atom. The fourth-order valence-corrected chi connectivity index (χ4v) is 2.80. The number of benzene rings is 1. The summed E-state index contributed by atoms with van der Waals surface area (Å²) in [7, 11) is 0. The van der Waals surface area contributed by atoms with Gasteiger partial charge in [-0.2, -0.15) is 5.26 Å². The molecule has 0 aliphatic carbocycles. The lowest BCUT2D eigenvalue weighted by Crippen LogP contribution is -2.28. The van der Waals surface area contributed by atoms with Crippen molar-refractivity contribution in [2.45, 2.75) is 31.8 Å². The first kappa shape index (κ1) is 15.0. The van der Waals surface area contributed by atoms with E-state index in [1.807, 2.05) is 13.0 Å². The van der Waals surface area contributed by atoms with E-state index in [0.717, 1.165) is 0 Å². The van der Waals surface area contributed by atoms with Gasteiger partial charge in [0, 0.05) is 18.1 Å². The topological polar surface area (TPSA) is 50.1 Å². The molecule has 1 aromatic rings. The number of carbonyl (C=O) groups excluding carboxylic acids is 1. The highest BCUT2D eigenvalue weighted by Gasteiger charge is 2.38. The summed E-state index contributed by atoms with van der Waals surface area (Å²) in [4.78, 5) is 12.5. The Kier molecular flexibility index (Phi) is 4.74. The van der Waals surface area contributed by atoms with Crippen LogP contribution >= 0.6 is 11.6 Å². The van der Waals surface area contributed by atoms with Crippen LogP contribution in [-0.2, 0) is 9.53 Å². The summed E-state index contributed by atoms with van der Waals surface area (Å²) in [6.07, 6.45) is 1.10. The number of Topliss-reactive ketones (excluding diaryl/α,β-unsaturated/α-hetero) is 1. The third kappa shape index (κ3) is 2.70. The molecule has 1 saturated heterocycles. The quantitative estimate of drug-likeness (QED) is 0.854. The minimum absolute atomic E-state index is 0.0479. The monoisotopic (exact) mass is 295 g/mol. The van der Waals surface area contributed by atoms with Crippen molar-refractivity contribution >= 4 is 17.4 Å². The van der Waals surface area contributed by atoms with Crippen molar-refractivity contribution in [3.63, 3.8) is 0 Å². The third-order valence-electron chi connectivity index (χ3n) is 3.68. The van der Waals surface area contributed by atoms with Crippen LogP contribution in [0.15, 0.2) is 18.2 Å². The maximum Gasteiger partial charge on any atom is 0.160 e. The number of hydrogen-bond donors (Lipinski definition) is 0. The number of halogens is 2. The van der Waals surface area contributed by atoms with Crippen molar-refractivity contribution < 1.29 is 13.9 Å². The first-order chi connectivity index (χ1) is 9.60. The predicted octanol–water partition coefficient (Wildman–Crippen LogP) is 3.47. The molecule has 1 fully saturated rings. The van der Waals surface area contributed by atoms with Crippen LogP contribution < -0.4 is 0 Å². The van der Waals surface area contributed by atoms with Gasteiger partial charge < -0.3 is 4.74 Å². The van der Waals surface area contributed by atoms with Gasteiger partial charge in [-0.1, -0.05) is 30.7 Å². The molecule has 0 aromatic heterocycles. The molecule has 2 rings (SSSR count). The number of nitrogens with zero attached hydrogens (tertiary/aromatic N) is 1. The highest BCUT2D eigenvalue weighted by Crippen LogP contribution is 2.32. The number of carbonyl (C=O) groups is 1. The minimum atomic E-state index is -1.13. The Bertz CT molecular complexity index is 555. The fourth-order valence-electron chi connectivity index (χ4n) is 2.62. The van der Waals surface area contributed by atoms with Gasteiger partial charge in [0.1, 0.15) is 11.7 Å². The van der Waals surface area contributed by atoms with E-state index in [1.165, 1.54) is 12.1 Å². The van der Waals surface area contributed by atoms with Gasteiger partial charge in [0.25, 0.3) is 0 Å². The van der Waals surface area contributed by atoms with Crippen LogP contribution in [0.1, 0.15) is 31.2 Å². The average molecular weight is 296 g/mol. The second-order valence-corrected chi connectivity index (χ2v) is 5.23. The predicted molar refractivity (Wildman–Crippen MR) is 72.9 cm³/mol. The van der Waals surface area contributed by atoms with E-state index in [4.69, 9.17) is 16.3 Å². The average Bonchev–Trinajstić information content (AvgIpc) is 2.92. The molecule has 5 heteroatoms. The normalized spacial score (nSPS) is 23.3. The molecule has 1 aliphatic heterocycles. The number of ketones is 1. The molecule has 20 heavy (non-hydrogen) atoms. The molecule has 3 unspecified atom stereocenters. The van der Waals surface area contributed by atoms with Gasteiger partial charge in [0.05, 0.1) is 17.2 Å². The summed E-state index contributed by atoms with van der Waals surface area (Å²) < 4.78 is 19.5. The Morgan fingerprint density at radius 1 is 1.65 bits per heavy atom. The molecule has 0 N–H and O–H groups in total. The molecule has 0 bridgehead atoms. The molecule has 0 saturated carbocycles. The Morgan fingerprint density at radius 3 is 3.05 bits per heavy atom. The second-order valence-electron chi connectivity index (χ2n) is 4.82. The van der Waals surface area contributed by atoms with Crippen molar-refractivity contribution in [3.8, 4) is 6.07 Å². The van der Waals surface area contributed by atoms with Crippen LogP contribution in [0.4, 0.5) is 4.39 Å². The Hall–Kier alpha value is -1.44. The van der Waals surface area contributed by atoms with E-state index in [2.05, 4.69) is 0 Å². The molecule has 0 spiro atoms. The minimum Gasteiger partial charge on any atom is -0.377 e. The zero-order valence-corrected chi connectivity index (χ0v) is 11.9. The zero-order chi connectivity index (χ0) is 14.7. The van der Waals surface area contributed by atoms with Gasteiger partial charge in [-0.3, -0.25) is 4.79 Å². The number of rotatable bonds is 4. The standard InChI is InChI=1S/C15H15ClFNO2/c1-2-13-10(6-7-20-13)15(19)11(8-18)9-4-3-5-12(16)14(9)17/h3-5,10-11,13H,2,6-7H2,1H3. The molecule has 3 nitrogen and oxygen atoms in total. The first-order valence-electron chi connectivity index (χ1n) is 6.59. The summed E-state index contributed by atoms with van der Waals surface area (Å²) in [5.41, 5.74) is 0.0479. The highest BCUT2D eigenvalue weighted by molar-refractivity contribution is 6.30. The smallest absolute Gasteiger partial charge is 0.160 e. The lowest BCUT2D eigenvalue weighted by molar-refractivity contribution is -0.124. The van der Waals surface area contributed by atoms with Crippen LogP contribution in [0, 0.1) is 23.1 Å². The van der Waals surface area contributed by atoms with E-state index in [0.29, 0.717) is 19.4 Å². The molecule has 1 aromatic carbocycles. The van der Waals surface area contributed by atoms with E-state index in [9.17, 15) is 14.4 Å². The van der Waals surface area contributed by atoms with Crippen LogP contribution in [-0.4, -0.2) is 18.5 Å². The summed E-state index contributed by atoms with van der Waals surface area (Å²) in [6, 6.07) is 6.28. The van der Waals surface area contributed by atoms with Gasteiger partial charge in [-0.25, -0.2) is 4.39 Å². The van der Waals surface area contributed by atoms with Crippen molar-refractivity contribution in [1.29, 1.82) is 5.26 Å². The number of hydrogen-bond acceptors (Lipinski definition) is 3. The van der Waals surface area contributed by atoms with Crippen molar-refractivity contribution in [3.05, 3.63) is 34.6 Å². The van der Waals surface area contributed by atoms with Crippen LogP contribution in [0.25, 0.3) is 0 Å². The highest BCUT2D eigenvalue weighted by atomic mass is 35.5. The fraction of sp³-hybridized carbons (Fsp3) is 0.467. The molecule has 1 heterocycles. The van der Waals surface area contributed by atoms with E-state index < -0.39 is 11.7 Å². The molecular weight excluding hydrogens is 281 g/mol. The molecule has 0 amide bonds. The largest absolute Gasteiger partial charge is 0.377 e. The third-order valence-corrected chi connectivity index (χ3v) is 3.98. The Labute approximate surface area is 122 Å². The van der Waals surface area contributed by atoms with Gasteiger partial charge in [-0.15, -0.1) is 0 Å². The van der Waals surface area contributed by atoms with Crippen LogP contribution in [0.2, 0.25) is 5.02 Å².